The first-order valence-electron chi connectivity index (χ1n) is 6.70. The van der Waals surface area contributed by atoms with E-state index < -0.39 is 0 Å². The fraction of sp³-hybridized carbons (Fsp3) is 0.786. The molecule has 0 radical (unpaired) electrons. The Morgan fingerprint density at radius 2 is 1.94 bits per heavy atom. The number of carbonyl (C=O) groups is 1. The van der Waals surface area contributed by atoms with Crippen molar-refractivity contribution in [1.29, 1.82) is 0 Å². The van der Waals surface area contributed by atoms with Crippen LogP contribution in [0.5, 0.6) is 0 Å². The van der Waals surface area contributed by atoms with E-state index in [-0.39, 0.29) is 18.0 Å². The van der Waals surface area contributed by atoms with Crippen LogP contribution in [0.2, 0.25) is 0 Å². The van der Waals surface area contributed by atoms with Gasteiger partial charge >= 0.3 is 0 Å². The maximum atomic E-state index is 12.2. The van der Waals surface area contributed by atoms with Crippen LogP contribution in [0.15, 0.2) is 0 Å². The molecule has 17 heavy (non-hydrogen) atoms. The molecule has 0 bridgehead atoms. The molecule has 3 nitrogen and oxygen atoms in total. The number of terminal acetylenes is 1. The second kappa shape index (κ2) is 7.34. The molecule has 1 fully saturated rings. The summed E-state index contributed by atoms with van der Waals surface area (Å²) < 4.78 is 0. The highest BCUT2D eigenvalue weighted by molar-refractivity contribution is 5.81. The molecule has 0 aromatic carbocycles. The summed E-state index contributed by atoms with van der Waals surface area (Å²) in [4.78, 5) is 14.2. The lowest BCUT2D eigenvalue weighted by atomic mass is 10.2. The smallest absolute Gasteiger partial charge is 0.239 e. The van der Waals surface area contributed by atoms with Crippen LogP contribution < -0.4 is 5.32 Å². The summed E-state index contributed by atoms with van der Waals surface area (Å²) in [6.07, 6.45) is 11.0. The Morgan fingerprint density at radius 3 is 2.41 bits per heavy atom. The fourth-order valence-electron chi connectivity index (χ4n) is 2.22. The van der Waals surface area contributed by atoms with Gasteiger partial charge in [-0.3, -0.25) is 10.1 Å². The lowest BCUT2D eigenvalue weighted by Crippen LogP contribution is -2.48. The zero-order valence-electron chi connectivity index (χ0n) is 11.0. The number of likely N-dealkylation sites (tertiary alicyclic amines) is 1. The van der Waals surface area contributed by atoms with Gasteiger partial charge in [-0.2, -0.15) is 0 Å². The largest absolute Gasteiger partial charge is 0.341 e. The van der Waals surface area contributed by atoms with E-state index in [1.54, 1.807) is 0 Å². The van der Waals surface area contributed by atoms with Crippen LogP contribution in [0.3, 0.4) is 0 Å². The molecule has 1 aliphatic heterocycles. The number of amides is 1. The molecule has 2 atom stereocenters. The molecule has 1 saturated heterocycles. The Bertz CT molecular complexity index is 274. The van der Waals surface area contributed by atoms with Crippen molar-refractivity contribution in [2.45, 2.75) is 58.0 Å². The van der Waals surface area contributed by atoms with Crippen LogP contribution in [-0.2, 0) is 4.79 Å². The Morgan fingerprint density at radius 1 is 1.35 bits per heavy atom. The number of nitrogens with zero attached hydrogens (tertiary/aromatic N) is 1. The lowest BCUT2D eigenvalue weighted by Gasteiger charge is -2.26. The minimum Gasteiger partial charge on any atom is -0.341 e. The van der Waals surface area contributed by atoms with Crippen LogP contribution in [-0.4, -0.2) is 36.0 Å². The molecule has 1 amide bonds. The third-order valence-corrected chi connectivity index (χ3v) is 3.35. The van der Waals surface area contributed by atoms with Crippen molar-refractivity contribution in [2.75, 3.05) is 13.1 Å². The molecule has 0 saturated carbocycles. The summed E-state index contributed by atoms with van der Waals surface area (Å²) in [7, 11) is 0. The van der Waals surface area contributed by atoms with Crippen molar-refractivity contribution in [3.8, 4) is 12.3 Å². The van der Waals surface area contributed by atoms with Gasteiger partial charge in [0, 0.05) is 13.1 Å². The predicted molar refractivity (Wildman–Crippen MR) is 70.6 cm³/mol. The molecular formula is C14H24N2O. The number of hydrogen-bond donors (Lipinski definition) is 1. The first-order chi connectivity index (χ1) is 8.19. The Balaban J connectivity index is 2.47. The minimum absolute atomic E-state index is 0.000859. The molecule has 1 rings (SSSR count). The van der Waals surface area contributed by atoms with Gasteiger partial charge in [-0.05, 0) is 26.2 Å². The summed E-state index contributed by atoms with van der Waals surface area (Å²) in [6.45, 7) is 5.74. The van der Waals surface area contributed by atoms with E-state index in [4.69, 9.17) is 6.42 Å². The van der Waals surface area contributed by atoms with Gasteiger partial charge < -0.3 is 4.90 Å². The van der Waals surface area contributed by atoms with E-state index in [0.717, 1.165) is 32.4 Å². The molecule has 1 aliphatic rings. The van der Waals surface area contributed by atoms with Gasteiger partial charge in [-0.25, -0.2) is 0 Å². The van der Waals surface area contributed by atoms with E-state index in [1.807, 2.05) is 18.7 Å². The van der Waals surface area contributed by atoms with Crippen LogP contribution >= 0.6 is 0 Å². The number of hydrogen-bond acceptors (Lipinski definition) is 2. The Labute approximate surface area is 105 Å². The fourth-order valence-corrected chi connectivity index (χ4v) is 2.22. The maximum Gasteiger partial charge on any atom is 0.239 e. The van der Waals surface area contributed by atoms with E-state index in [9.17, 15) is 4.79 Å². The number of nitrogens with one attached hydrogen (secondary N) is 1. The number of rotatable bonds is 4. The first kappa shape index (κ1) is 14.1. The average molecular weight is 236 g/mol. The zero-order chi connectivity index (χ0) is 12.7. The van der Waals surface area contributed by atoms with Crippen molar-refractivity contribution in [3.05, 3.63) is 0 Å². The van der Waals surface area contributed by atoms with Crippen molar-refractivity contribution in [2.24, 2.45) is 0 Å². The van der Waals surface area contributed by atoms with Gasteiger partial charge in [0.15, 0.2) is 0 Å². The average Bonchev–Trinajstić information content (AvgIpc) is 2.63. The van der Waals surface area contributed by atoms with Crippen LogP contribution in [0.25, 0.3) is 0 Å². The van der Waals surface area contributed by atoms with E-state index in [1.165, 1.54) is 12.8 Å². The van der Waals surface area contributed by atoms with Gasteiger partial charge in [0.25, 0.3) is 0 Å². The Hall–Kier alpha value is -1.01. The molecule has 0 aromatic rings. The second-order valence-electron chi connectivity index (χ2n) is 4.76. The van der Waals surface area contributed by atoms with Gasteiger partial charge in [0.1, 0.15) is 0 Å². The van der Waals surface area contributed by atoms with E-state index in [0.29, 0.717) is 0 Å². The highest BCUT2D eigenvalue weighted by atomic mass is 16.2. The van der Waals surface area contributed by atoms with Crippen molar-refractivity contribution < 1.29 is 4.79 Å². The Kier molecular flexibility index (Phi) is 6.07. The molecular weight excluding hydrogens is 212 g/mol. The highest BCUT2D eigenvalue weighted by Crippen LogP contribution is 2.11. The van der Waals surface area contributed by atoms with E-state index in [2.05, 4.69) is 11.2 Å². The van der Waals surface area contributed by atoms with Gasteiger partial charge in [0.2, 0.25) is 5.91 Å². The second-order valence-corrected chi connectivity index (χ2v) is 4.76. The summed E-state index contributed by atoms with van der Waals surface area (Å²) in [5.41, 5.74) is 0. The molecule has 2 unspecified atom stereocenters. The number of carbonyl (C=O) groups excluding carboxylic acids is 1. The normalized spacial score (nSPS) is 20.2. The highest BCUT2D eigenvalue weighted by Gasteiger charge is 2.22. The molecule has 0 spiro atoms. The molecule has 0 aromatic heterocycles. The molecule has 1 heterocycles. The van der Waals surface area contributed by atoms with Crippen LogP contribution in [0.1, 0.15) is 46.0 Å². The minimum atomic E-state index is -0.172. The topological polar surface area (TPSA) is 32.3 Å². The van der Waals surface area contributed by atoms with Crippen LogP contribution in [0.4, 0.5) is 0 Å². The maximum absolute atomic E-state index is 12.2. The van der Waals surface area contributed by atoms with Crippen molar-refractivity contribution in [3.63, 3.8) is 0 Å². The monoisotopic (exact) mass is 236 g/mol. The van der Waals surface area contributed by atoms with Crippen molar-refractivity contribution >= 4 is 5.91 Å². The van der Waals surface area contributed by atoms with E-state index >= 15 is 0 Å². The summed E-state index contributed by atoms with van der Waals surface area (Å²) in [6, 6.07) is -0.171. The SMILES string of the molecule is C#CC(CC)NC(C)C(=O)N1CCCCCC1. The lowest BCUT2D eigenvalue weighted by molar-refractivity contribution is -0.133. The molecule has 0 aliphatic carbocycles. The summed E-state index contributed by atoms with van der Waals surface area (Å²) >= 11 is 0. The third kappa shape index (κ3) is 4.40. The van der Waals surface area contributed by atoms with Crippen molar-refractivity contribution in [1.82, 2.24) is 10.2 Å². The standard InChI is InChI=1S/C14H24N2O/c1-4-13(5-2)15-12(3)14(17)16-10-8-6-7-9-11-16/h1,12-13,15H,5-11H2,2-3H3. The van der Waals surface area contributed by atoms with Gasteiger partial charge in [-0.1, -0.05) is 25.7 Å². The van der Waals surface area contributed by atoms with Gasteiger partial charge in [-0.15, -0.1) is 6.42 Å². The third-order valence-electron chi connectivity index (χ3n) is 3.35. The summed E-state index contributed by atoms with van der Waals surface area (Å²) in [5, 5.41) is 3.21. The van der Waals surface area contributed by atoms with Crippen LogP contribution in [0, 0.1) is 12.3 Å². The molecule has 1 N–H and O–H groups in total. The first-order valence-corrected chi connectivity index (χ1v) is 6.70. The predicted octanol–water partition coefficient (Wildman–Crippen LogP) is 1.78. The quantitative estimate of drug-likeness (QED) is 0.755. The zero-order valence-corrected chi connectivity index (χ0v) is 11.0. The molecule has 3 heteroatoms. The van der Waals surface area contributed by atoms with Gasteiger partial charge in [0.05, 0.1) is 12.1 Å². The molecule has 96 valence electrons. The summed E-state index contributed by atoms with van der Waals surface area (Å²) in [5.74, 6) is 2.87.